The summed E-state index contributed by atoms with van der Waals surface area (Å²) in [6.07, 6.45) is 1.90. The topological polar surface area (TPSA) is 20.3 Å². The summed E-state index contributed by atoms with van der Waals surface area (Å²) in [6, 6.07) is 2.13. The van der Waals surface area contributed by atoms with Crippen molar-refractivity contribution in [3.8, 4) is 0 Å². The molecule has 92 valence electrons. The fraction of sp³-hybridized carbons (Fsp3) is 0.417. The fourth-order valence-corrected chi connectivity index (χ4v) is 2.26. The van der Waals surface area contributed by atoms with E-state index in [1.54, 1.807) is 4.90 Å². The van der Waals surface area contributed by atoms with E-state index in [-0.39, 0.29) is 22.4 Å². The highest BCUT2D eigenvalue weighted by atomic mass is 79.9. The molecule has 0 radical (unpaired) electrons. The molecule has 0 aromatic heterocycles. The summed E-state index contributed by atoms with van der Waals surface area (Å²) in [5.41, 5.74) is 0.114. The Morgan fingerprint density at radius 3 is 2.53 bits per heavy atom. The maximum absolute atomic E-state index is 13.5. The molecule has 0 aliphatic carbocycles. The second-order valence-corrected chi connectivity index (χ2v) is 4.98. The van der Waals surface area contributed by atoms with Gasteiger partial charge in [-0.2, -0.15) is 0 Å². The van der Waals surface area contributed by atoms with Gasteiger partial charge in [0.2, 0.25) is 5.91 Å². The Bertz CT molecular complexity index is 444. The molecule has 0 saturated carbocycles. The average Bonchev–Trinajstić information content (AvgIpc) is 2.79. The van der Waals surface area contributed by atoms with E-state index in [9.17, 15) is 13.6 Å². The van der Waals surface area contributed by atoms with Gasteiger partial charge < -0.3 is 4.90 Å². The van der Waals surface area contributed by atoms with Crippen LogP contribution in [0, 0.1) is 11.6 Å². The molecule has 0 unspecified atom stereocenters. The molecule has 5 heteroatoms. The van der Waals surface area contributed by atoms with Crippen molar-refractivity contribution in [3.63, 3.8) is 0 Å². The minimum atomic E-state index is -0.550. The molecule has 1 aliphatic heterocycles. The molecule has 0 bridgehead atoms. The number of amides is 1. The van der Waals surface area contributed by atoms with E-state index < -0.39 is 11.6 Å². The summed E-state index contributed by atoms with van der Waals surface area (Å²) in [5, 5.41) is 0. The number of hydrogen-bond donors (Lipinski definition) is 0. The Morgan fingerprint density at radius 1 is 1.24 bits per heavy atom. The Hall–Kier alpha value is -0.970. The third-order valence-electron chi connectivity index (χ3n) is 2.89. The Balaban J connectivity index is 2.12. The monoisotopic (exact) mass is 303 g/mol. The van der Waals surface area contributed by atoms with Crippen LogP contribution in [0.25, 0.3) is 0 Å². The van der Waals surface area contributed by atoms with Crippen LogP contribution in [0.4, 0.5) is 8.78 Å². The van der Waals surface area contributed by atoms with E-state index >= 15 is 0 Å². The summed E-state index contributed by atoms with van der Waals surface area (Å²) in [5.74, 6) is -1.23. The largest absolute Gasteiger partial charge is 0.342 e. The summed E-state index contributed by atoms with van der Waals surface area (Å²) in [7, 11) is 0. The predicted octanol–water partition coefficient (Wildman–Crippen LogP) is 2.89. The maximum Gasteiger partial charge on any atom is 0.227 e. The first kappa shape index (κ1) is 12.5. The van der Waals surface area contributed by atoms with E-state index in [1.165, 1.54) is 0 Å². The van der Waals surface area contributed by atoms with E-state index in [4.69, 9.17) is 0 Å². The lowest BCUT2D eigenvalue weighted by Crippen LogP contribution is -2.29. The van der Waals surface area contributed by atoms with Crippen LogP contribution >= 0.6 is 15.9 Å². The Kier molecular flexibility index (Phi) is 3.76. The highest BCUT2D eigenvalue weighted by molar-refractivity contribution is 9.10. The molecule has 0 spiro atoms. The summed E-state index contributed by atoms with van der Waals surface area (Å²) in [4.78, 5) is 13.5. The molecule has 1 aromatic carbocycles. The molecule has 2 rings (SSSR count). The SMILES string of the molecule is O=C(Cc1cc(F)c(Br)cc1F)N1CCCC1. The Labute approximate surface area is 107 Å². The van der Waals surface area contributed by atoms with Gasteiger partial charge in [-0.1, -0.05) is 0 Å². The van der Waals surface area contributed by atoms with Crippen LogP contribution in [-0.2, 0) is 11.2 Å². The van der Waals surface area contributed by atoms with E-state index in [0.717, 1.165) is 38.1 Å². The van der Waals surface area contributed by atoms with Gasteiger partial charge in [0.05, 0.1) is 10.9 Å². The van der Waals surface area contributed by atoms with Crippen LogP contribution in [0.5, 0.6) is 0 Å². The maximum atomic E-state index is 13.5. The lowest BCUT2D eigenvalue weighted by molar-refractivity contribution is -0.129. The molecule has 1 fully saturated rings. The van der Waals surface area contributed by atoms with Crippen LogP contribution in [-0.4, -0.2) is 23.9 Å². The van der Waals surface area contributed by atoms with Crippen LogP contribution in [0.1, 0.15) is 18.4 Å². The van der Waals surface area contributed by atoms with Gasteiger partial charge in [0, 0.05) is 18.7 Å². The van der Waals surface area contributed by atoms with Crippen molar-refractivity contribution in [2.24, 2.45) is 0 Å². The van der Waals surface area contributed by atoms with E-state index in [0.29, 0.717) is 0 Å². The number of likely N-dealkylation sites (tertiary alicyclic amines) is 1. The minimum Gasteiger partial charge on any atom is -0.342 e. The molecule has 0 atom stereocenters. The van der Waals surface area contributed by atoms with Crippen molar-refractivity contribution >= 4 is 21.8 Å². The lowest BCUT2D eigenvalue weighted by Gasteiger charge is -2.15. The van der Waals surface area contributed by atoms with Crippen LogP contribution in [0.2, 0.25) is 0 Å². The third kappa shape index (κ3) is 2.83. The van der Waals surface area contributed by atoms with Crippen LogP contribution in [0.15, 0.2) is 16.6 Å². The van der Waals surface area contributed by atoms with Crippen molar-refractivity contribution in [1.29, 1.82) is 0 Å². The number of benzene rings is 1. The van der Waals surface area contributed by atoms with Crippen molar-refractivity contribution < 1.29 is 13.6 Å². The van der Waals surface area contributed by atoms with Gasteiger partial charge in [-0.3, -0.25) is 4.79 Å². The highest BCUT2D eigenvalue weighted by Gasteiger charge is 2.20. The van der Waals surface area contributed by atoms with Gasteiger partial charge in [-0.25, -0.2) is 8.78 Å². The second kappa shape index (κ2) is 5.12. The van der Waals surface area contributed by atoms with Gasteiger partial charge >= 0.3 is 0 Å². The van der Waals surface area contributed by atoms with Crippen LogP contribution in [0.3, 0.4) is 0 Å². The number of nitrogens with zero attached hydrogens (tertiary/aromatic N) is 1. The second-order valence-electron chi connectivity index (χ2n) is 4.12. The molecule has 1 heterocycles. The van der Waals surface area contributed by atoms with Gasteiger partial charge in [-0.15, -0.1) is 0 Å². The standard InChI is InChI=1S/C12H12BrF2NO/c13-9-7-10(14)8(5-11(9)15)6-12(17)16-3-1-2-4-16/h5,7H,1-4,6H2. The Morgan fingerprint density at radius 2 is 1.88 bits per heavy atom. The molecule has 1 amide bonds. The van der Waals surface area contributed by atoms with E-state index in [2.05, 4.69) is 15.9 Å². The third-order valence-corrected chi connectivity index (χ3v) is 3.50. The van der Waals surface area contributed by atoms with Gasteiger partial charge in [0.15, 0.2) is 0 Å². The zero-order valence-electron chi connectivity index (χ0n) is 9.18. The first-order valence-corrected chi connectivity index (χ1v) is 6.28. The molecule has 17 heavy (non-hydrogen) atoms. The number of hydrogen-bond acceptors (Lipinski definition) is 1. The van der Waals surface area contributed by atoms with Gasteiger partial charge in [0.25, 0.3) is 0 Å². The number of carbonyl (C=O) groups is 1. The molecule has 1 aromatic rings. The van der Waals surface area contributed by atoms with Crippen molar-refractivity contribution in [2.45, 2.75) is 19.3 Å². The van der Waals surface area contributed by atoms with E-state index in [1.807, 2.05) is 0 Å². The number of halogens is 3. The molecule has 1 saturated heterocycles. The average molecular weight is 304 g/mol. The van der Waals surface area contributed by atoms with Crippen molar-refractivity contribution in [3.05, 3.63) is 33.8 Å². The zero-order valence-corrected chi connectivity index (χ0v) is 10.8. The first-order valence-electron chi connectivity index (χ1n) is 5.49. The van der Waals surface area contributed by atoms with Crippen LogP contribution < -0.4 is 0 Å². The fourth-order valence-electron chi connectivity index (χ4n) is 1.94. The molecule has 2 nitrogen and oxygen atoms in total. The summed E-state index contributed by atoms with van der Waals surface area (Å²) >= 11 is 2.90. The van der Waals surface area contributed by atoms with Gasteiger partial charge in [0.1, 0.15) is 11.6 Å². The molecular formula is C12H12BrF2NO. The van der Waals surface area contributed by atoms with Crippen molar-refractivity contribution in [2.75, 3.05) is 13.1 Å². The summed E-state index contributed by atoms with van der Waals surface area (Å²) in [6.45, 7) is 1.44. The van der Waals surface area contributed by atoms with Crippen molar-refractivity contribution in [1.82, 2.24) is 4.90 Å². The number of carbonyl (C=O) groups excluding carboxylic acids is 1. The number of rotatable bonds is 2. The van der Waals surface area contributed by atoms with Gasteiger partial charge in [-0.05, 0) is 40.9 Å². The summed E-state index contributed by atoms with van der Waals surface area (Å²) < 4.78 is 26.8. The quantitative estimate of drug-likeness (QED) is 0.769. The zero-order chi connectivity index (χ0) is 12.4. The highest BCUT2D eigenvalue weighted by Crippen LogP contribution is 2.21. The normalized spacial score (nSPS) is 15.4. The molecular weight excluding hydrogens is 292 g/mol. The predicted molar refractivity (Wildman–Crippen MR) is 63.6 cm³/mol. The molecule has 0 N–H and O–H groups in total. The molecule has 1 aliphatic rings. The first-order chi connectivity index (χ1) is 8.08. The smallest absolute Gasteiger partial charge is 0.227 e. The minimum absolute atomic E-state index is 0.0734. The lowest BCUT2D eigenvalue weighted by atomic mass is 10.1.